The zero-order chi connectivity index (χ0) is 25.2. The summed E-state index contributed by atoms with van der Waals surface area (Å²) < 4.78 is 2.55. The van der Waals surface area contributed by atoms with Gasteiger partial charge in [-0.3, -0.25) is 9.88 Å². The van der Waals surface area contributed by atoms with E-state index >= 15 is 0 Å². The normalized spacial score (nSPS) is 18.5. The molecule has 5 heteroatoms. The summed E-state index contributed by atoms with van der Waals surface area (Å²) in [6.07, 6.45) is 18.7. The van der Waals surface area contributed by atoms with Crippen LogP contribution in [0.3, 0.4) is 0 Å². The summed E-state index contributed by atoms with van der Waals surface area (Å²) in [5.74, 6) is 0. The van der Waals surface area contributed by atoms with Crippen molar-refractivity contribution in [2.45, 2.75) is 63.8 Å². The first kappa shape index (κ1) is 26.7. The van der Waals surface area contributed by atoms with Gasteiger partial charge in [-0.25, -0.2) is 4.31 Å². The van der Waals surface area contributed by atoms with Gasteiger partial charge in [0, 0.05) is 68.2 Å². The molecule has 0 unspecified atom stereocenters. The third-order valence-corrected chi connectivity index (χ3v) is 8.30. The minimum atomic E-state index is 0.679. The predicted octanol–water partition coefficient (Wildman–Crippen LogP) is 6.87. The Morgan fingerprint density at radius 3 is 2.50 bits per heavy atom. The number of allylic oxidation sites excluding steroid dienone is 2. The summed E-state index contributed by atoms with van der Waals surface area (Å²) in [6.45, 7) is 12.0. The third kappa shape index (κ3) is 7.58. The maximum absolute atomic E-state index is 4.17. The van der Waals surface area contributed by atoms with Gasteiger partial charge in [-0.1, -0.05) is 42.8 Å². The van der Waals surface area contributed by atoms with Crippen LogP contribution >= 0.6 is 11.9 Å². The number of benzene rings is 1. The molecule has 1 aromatic heterocycles. The van der Waals surface area contributed by atoms with Crippen molar-refractivity contribution in [2.24, 2.45) is 0 Å². The van der Waals surface area contributed by atoms with Gasteiger partial charge in [0.2, 0.25) is 0 Å². The van der Waals surface area contributed by atoms with E-state index in [0.717, 1.165) is 52.0 Å². The highest BCUT2D eigenvalue weighted by atomic mass is 32.2. The average Bonchev–Trinajstić information content (AvgIpc) is 2.92. The molecule has 4 rings (SSSR count). The summed E-state index contributed by atoms with van der Waals surface area (Å²) in [7, 11) is 0. The summed E-state index contributed by atoms with van der Waals surface area (Å²) >= 11 is 1.92. The van der Waals surface area contributed by atoms with Crippen LogP contribution in [0.5, 0.6) is 0 Å². The van der Waals surface area contributed by atoms with Gasteiger partial charge in [0.05, 0.1) is 0 Å². The number of aryl methyl sites for hydroxylation is 1. The van der Waals surface area contributed by atoms with Crippen molar-refractivity contribution in [2.75, 3.05) is 32.7 Å². The first-order valence-electron chi connectivity index (χ1n) is 13.6. The second kappa shape index (κ2) is 13.8. The van der Waals surface area contributed by atoms with E-state index in [0.29, 0.717) is 6.04 Å². The van der Waals surface area contributed by atoms with Crippen molar-refractivity contribution in [1.29, 1.82) is 0 Å². The molecule has 2 aliphatic rings. The van der Waals surface area contributed by atoms with Crippen LogP contribution in [0.15, 0.2) is 89.4 Å². The summed E-state index contributed by atoms with van der Waals surface area (Å²) in [5.41, 5.74) is 5.66. The maximum atomic E-state index is 4.17. The smallest absolute Gasteiger partial charge is 0.0270 e. The molecule has 0 spiro atoms. The van der Waals surface area contributed by atoms with Crippen molar-refractivity contribution >= 4 is 11.9 Å². The standard InChI is InChI=1S/C31H42N4S/c1-4-6-7-28-25-34(29-15-23-35(24-16-29)36-30-10-8-26(3)9-11-30)22-17-31(28)33(20-5-2)21-14-27-12-18-32-19-13-27/h5-13,18-20,29H,4,14-17,21-25H2,1-3H3/b7-6+,20-5+. The second-order valence-corrected chi connectivity index (χ2v) is 11.0. The molecule has 2 aromatic rings. The largest absolute Gasteiger partial charge is 0.351 e. The minimum Gasteiger partial charge on any atom is -0.351 e. The van der Waals surface area contributed by atoms with Gasteiger partial charge in [-0.2, -0.15) is 0 Å². The molecule has 192 valence electrons. The van der Waals surface area contributed by atoms with E-state index in [4.69, 9.17) is 0 Å². The molecule has 0 atom stereocenters. The fourth-order valence-corrected chi connectivity index (χ4v) is 6.12. The van der Waals surface area contributed by atoms with Crippen LogP contribution in [0.25, 0.3) is 0 Å². The van der Waals surface area contributed by atoms with Gasteiger partial charge in [0.15, 0.2) is 0 Å². The average molecular weight is 503 g/mol. The van der Waals surface area contributed by atoms with E-state index in [1.165, 1.54) is 40.1 Å². The molecule has 0 bridgehead atoms. The Hall–Kier alpha value is -2.34. The number of rotatable bonds is 10. The van der Waals surface area contributed by atoms with Crippen LogP contribution in [0.4, 0.5) is 0 Å². The van der Waals surface area contributed by atoms with Gasteiger partial charge in [-0.15, -0.1) is 0 Å². The van der Waals surface area contributed by atoms with Gasteiger partial charge >= 0.3 is 0 Å². The van der Waals surface area contributed by atoms with Crippen molar-refractivity contribution in [3.05, 3.63) is 95.6 Å². The molecule has 0 amide bonds. The van der Waals surface area contributed by atoms with Crippen LogP contribution in [0.2, 0.25) is 0 Å². The molecule has 4 nitrogen and oxygen atoms in total. The Morgan fingerprint density at radius 2 is 1.81 bits per heavy atom. The van der Waals surface area contributed by atoms with Gasteiger partial charge in [0.25, 0.3) is 0 Å². The topological polar surface area (TPSA) is 22.6 Å². The first-order chi connectivity index (χ1) is 17.7. The van der Waals surface area contributed by atoms with Gasteiger partial charge < -0.3 is 4.90 Å². The monoisotopic (exact) mass is 502 g/mol. The molecule has 0 radical (unpaired) electrons. The zero-order valence-electron chi connectivity index (χ0n) is 22.3. The summed E-state index contributed by atoms with van der Waals surface area (Å²) in [5, 5.41) is 0. The molecule has 0 aliphatic carbocycles. The maximum Gasteiger partial charge on any atom is 0.0270 e. The first-order valence-corrected chi connectivity index (χ1v) is 14.3. The Labute approximate surface area is 222 Å². The molecule has 1 fully saturated rings. The van der Waals surface area contributed by atoms with E-state index in [2.05, 4.69) is 101 Å². The van der Waals surface area contributed by atoms with Crippen LogP contribution in [-0.2, 0) is 6.42 Å². The lowest BCUT2D eigenvalue weighted by Crippen LogP contribution is -2.46. The minimum absolute atomic E-state index is 0.679. The predicted molar refractivity (Wildman–Crippen MR) is 154 cm³/mol. The highest BCUT2D eigenvalue weighted by Gasteiger charge is 2.29. The number of piperidine rings is 1. The summed E-state index contributed by atoms with van der Waals surface area (Å²) in [4.78, 5) is 10.8. The Kier molecular flexibility index (Phi) is 10.3. The molecule has 0 N–H and O–H groups in total. The number of pyridine rings is 1. The molecule has 36 heavy (non-hydrogen) atoms. The third-order valence-electron chi connectivity index (χ3n) is 7.20. The van der Waals surface area contributed by atoms with Crippen molar-refractivity contribution in [3.63, 3.8) is 0 Å². The fourth-order valence-electron chi connectivity index (χ4n) is 5.17. The fraction of sp³-hybridized carbons (Fsp3) is 0.452. The van der Waals surface area contributed by atoms with E-state index in [9.17, 15) is 0 Å². The quantitative estimate of drug-likeness (QED) is 0.330. The van der Waals surface area contributed by atoms with Crippen molar-refractivity contribution in [3.8, 4) is 0 Å². The van der Waals surface area contributed by atoms with E-state index in [1.54, 1.807) is 0 Å². The molecular formula is C31H42N4S. The highest BCUT2D eigenvalue weighted by molar-refractivity contribution is 7.97. The van der Waals surface area contributed by atoms with Gasteiger partial charge in [0.1, 0.15) is 0 Å². The molecule has 0 saturated carbocycles. The number of hydrogen-bond acceptors (Lipinski definition) is 5. The van der Waals surface area contributed by atoms with Crippen LogP contribution in [-0.4, -0.2) is 57.9 Å². The van der Waals surface area contributed by atoms with Crippen LogP contribution in [0, 0.1) is 6.92 Å². The lowest BCUT2D eigenvalue weighted by atomic mass is 9.97. The number of hydrogen-bond donors (Lipinski definition) is 0. The molecule has 2 aliphatic heterocycles. The molecule has 3 heterocycles. The Balaban J connectivity index is 1.39. The van der Waals surface area contributed by atoms with Crippen molar-refractivity contribution < 1.29 is 0 Å². The molecule has 1 aromatic carbocycles. The molecule has 1 saturated heterocycles. The van der Waals surface area contributed by atoms with E-state index in [1.807, 2.05) is 24.3 Å². The number of aromatic nitrogens is 1. The lowest BCUT2D eigenvalue weighted by Gasteiger charge is -2.42. The van der Waals surface area contributed by atoms with Crippen LogP contribution in [0.1, 0.15) is 50.7 Å². The second-order valence-electron chi connectivity index (χ2n) is 9.85. The number of nitrogens with zero attached hydrogens (tertiary/aromatic N) is 4. The van der Waals surface area contributed by atoms with E-state index < -0.39 is 0 Å². The van der Waals surface area contributed by atoms with Crippen molar-refractivity contribution in [1.82, 2.24) is 19.1 Å². The zero-order valence-corrected chi connectivity index (χ0v) is 23.1. The molecular weight excluding hydrogens is 460 g/mol. The Morgan fingerprint density at radius 1 is 1.06 bits per heavy atom. The Bertz CT molecular complexity index is 1020. The summed E-state index contributed by atoms with van der Waals surface area (Å²) in [6, 6.07) is 13.9. The highest BCUT2D eigenvalue weighted by Crippen LogP contribution is 2.31. The lowest BCUT2D eigenvalue weighted by molar-refractivity contribution is 0.144. The van der Waals surface area contributed by atoms with Gasteiger partial charge in [-0.05, 0) is 93.1 Å². The SMILES string of the molecule is C/C=C/N(CCc1ccncc1)C1=C(/C=C/CC)CN(C2CCN(Sc3ccc(C)cc3)CC2)CC1. The van der Waals surface area contributed by atoms with E-state index in [-0.39, 0.29) is 0 Å². The van der Waals surface area contributed by atoms with Crippen LogP contribution < -0.4 is 0 Å².